The highest BCUT2D eigenvalue weighted by Gasteiger charge is 2.27. The van der Waals surface area contributed by atoms with Gasteiger partial charge in [-0.15, -0.1) is 0 Å². The fraction of sp³-hybridized carbons (Fsp3) is 0.533. The molecule has 1 amide bonds. The van der Waals surface area contributed by atoms with Crippen molar-refractivity contribution in [2.45, 2.75) is 19.4 Å². The van der Waals surface area contributed by atoms with E-state index < -0.39 is 0 Å². The van der Waals surface area contributed by atoms with Gasteiger partial charge in [-0.3, -0.25) is 14.5 Å². The Morgan fingerprint density at radius 1 is 1.35 bits per heavy atom. The van der Waals surface area contributed by atoms with Crippen LogP contribution in [0.4, 0.5) is 4.39 Å². The van der Waals surface area contributed by atoms with Crippen LogP contribution in [-0.4, -0.2) is 43.1 Å². The van der Waals surface area contributed by atoms with Gasteiger partial charge in [-0.25, -0.2) is 9.45 Å². The Kier molecular flexibility index (Phi) is 5.09. The molecule has 0 N–H and O–H groups in total. The van der Waals surface area contributed by atoms with Gasteiger partial charge in [0.2, 0.25) is 5.91 Å². The van der Waals surface area contributed by atoms with Gasteiger partial charge >= 0.3 is 0 Å². The van der Waals surface area contributed by atoms with Crippen molar-refractivity contribution in [2.75, 3.05) is 27.2 Å². The van der Waals surface area contributed by atoms with Crippen LogP contribution in [0.25, 0.3) is 0 Å². The Balaban J connectivity index is 1.82. The van der Waals surface area contributed by atoms with E-state index in [2.05, 4.69) is 4.90 Å². The summed E-state index contributed by atoms with van der Waals surface area (Å²) in [5.41, 5.74) is 1.10. The lowest BCUT2D eigenvalue weighted by molar-refractivity contribution is -0.174. The number of halogens is 1. The van der Waals surface area contributed by atoms with Gasteiger partial charge in [-0.05, 0) is 43.6 Å². The average Bonchev–Trinajstić information content (AvgIpc) is 2.49. The Labute approximate surface area is 119 Å². The highest BCUT2D eigenvalue weighted by atomic mass is 19.1. The molecule has 1 heterocycles. The Bertz CT molecular complexity index is 442. The molecule has 2 rings (SSSR count). The number of carbonyl (C=O) groups is 1. The summed E-state index contributed by atoms with van der Waals surface area (Å²) < 4.78 is 12.8. The summed E-state index contributed by atoms with van der Waals surface area (Å²) in [6.07, 6.45) is 1.68. The van der Waals surface area contributed by atoms with Crippen molar-refractivity contribution in [1.82, 2.24) is 9.96 Å². The van der Waals surface area contributed by atoms with E-state index in [0.29, 0.717) is 0 Å². The summed E-state index contributed by atoms with van der Waals surface area (Å²) >= 11 is 0. The number of nitrogens with zero attached hydrogens (tertiary/aromatic N) is 2. The lowest BCUT2D eigenvalue weighted by Gasteiger charge is -2.32. The van der Waals surface area contributed by atoms with Gasteiger partial charge in [0.1, 0.15) is 5.82 Å². The van der Waals surface area contributed by atoms with Gasteiger partial charge in [0.25, 0.3) is 0 Å². The van der Waals surface area contributed by atoms with E-state index in [1.807, 2.05) is 12.1 Å². The van der Waals surface area contributed by atoms with Crippen molar-refractivity contribution in [2.24, 2.45) is 5.92 Å². The fourth-order valence-electron chi connectivity index (χ4n) is 2.53. The number of amides is 1. The molecule has 0 radical (unpaired) electrons. The first-order valence-electron chi connectivity index (χ1n) is 6.88. The minimum absolute atomic E-state index is 0.0458. The number of hydrogen-bond donors (Lipinski definition) is 0. The van der Waals surface area contributed by atoms with Crippen molar-refractivity contribution in [1.29, 1.82) is 0 Å². The van der Waals surface area contributed by atoms with E-state index in [9.17, 15) is 9.18 Å². The number of benzene rings is 1. The third-order valence-corrected chi connectivity index (χ3v) is 3.84. The van der Waals surface area contributed by atoms with Gasteiger partial charge in [-0.2, -0.15) is 0 Å². The zero-order chi connectivity index (χ0) is 14.5. The maximum absolute atomic E-state index is 12.8. The summed E-state index contributed by atoms with van der Waals surface area (Å²) in [7, 11) is 3.15. The molecule has 0 saturated carbocycles. The van der Waals surface area contributed by atoms with Crippen molar-refractivity contribution in [3.05, 3.63) is 35.6 Å². The molecule has 5 heteroatoms. The highest BCUT2D eigenvalue weighted by molar-refractivity contribution is 5.77. The average molecular weight is 280 g/mol. The smallest absolute Gasteiger partial charge is 0.249 e. The number of hydrogen-bond acceptors (Lipinski definition) is 3. The van der Waals surface area contributed by atoms with E-state index in [1.165, 1.54) is 24.3 Å². The summed E-state index contributed by atoms with van der Waals surface area (Å²) in [6.45, 7) is 2.57. The third kappa shape index (κ3) is 3.77. The largest absolute Gasteiger partial charge is 0.299 e. The summed E-state index contributed by atoms with van der Waals surface area (Å²) in [4.78, 5) is 19.2. The van der Waals surface area contributed by atoms with Crippen LogP contribution < -0.4 is 0 Å². The van der Waals surface area contributed by atoms with Gasteiger partial charge in [-0.1, -0.05) is 12.1 Å². The standard InChI is InChI=1S/C15H21FN2O2/c1-17(20-2)15(19)13-7-9-18(10-8-13)11-12-3-5-14(16)6-4-12/h3-6,13H,7-11H2,1-2H3. The molecule has 4 nitrogen and oxygen atoms in total. The zero-order valence-corrected chi connectivity index (χ0v) is 12.0. The lowest BCUT2D eigenvalue weighted by atomic mass is 9.95. The third-order valence-electron chi connectivity index (χ3n) is 3.84. The maximum Gasteiger partial charge on any atom is 0.249 e. The van der Waals surface area contributed by atoms with Crippen LogP contribution in [0.2, 0.25) is 0 Å². The van der Waals surface area contributed by atoms with Crippen molar-refractivity contribution < 1.29 is 14.0 Å². The van der Waals surface area contributed by atoms with Gasteiger partial charge in [0.15, 0.2) is 0 Å². The molecule has 110 valence electrons. The van der Waals surface area contributed by atoms with E-state index in [-0.39, 0.29) is 17.6 Å². The van der Waals surface area contributed by atoms with E-state index in [4.69, 9.17) is 4.84 Å². The van der Waals surface area contributed by atoms with Crippen molar-refractivity contribution >= 4 is 5.91 Å². The topological polar surface area (TPSA) is 32.8 Å². The van der Waals surface area contributed by atoms with E-state index in [1.54, 1.807) is 7.05 Å². The molecule has 1 aromatic carbocycles. The maximum atomic E-state index is 12.8. The van der Waals surface area contributed by atoms with Crippen LogP contribution in [-0.2, 0) is 16.2 Å². The number of carbonyl (C=O) groups excluding carboxylic acids is 1. The first-order valence-corrected chi connectivity index (χ1v) is 6.88. The highest BCUT2D eigenvalue weighted by Crippen LogP contribution is 2.21. The molecule has 1 saturated heterocycles. The fourth-order valence-corrected chi connectivity index (χ4v) is 2.53. The number of piperidine rings is 1. The second-order valence-corrected chi connectivity index (χ2v) is 5.20. The van der Waals surface area contributed by atoms with Crippen LogP contribution in [0.15, 0.2) is 24.3 Å². The quantitative estimate of drug-likeness (QED) is 0.791. The Hall–Kier alpha value is -1.46. The van der Waals surface area contributed by atoms with E-state index in [0.717, 1.165) is 38.0 Å². The molecule has 1 aliphatic heterocycles. The van der Waals surface area contributed by atoms with Crippen LogP contribution in [0.1, 0.15) is 18.4 Å². The Morgan fingerprint density at radius 3 is 2.50 bits per heavy atom. The molecule has 0 atom stereocenters. The van der Waals surface area contributed by atoms with Crippen molar-refractivity contribution in [3.63, 3.8) is 0 Å². The van der Waals surface area contributed by atoms with Crippen LogP contribution >= 0.6 is 0 Å². The molecule has 0 unspecified atom stereocenters. The summed E-state index contributed by atoms with van der Waals surface area (Å²) in [5, 5.41) is 1.31. The van der Waals surface area contributed by atoms with Crippen LogP contribution in [0, 0.1) is 11.7 Å². The molecule has 0 spiro atoms. The normalized spacial score (nSPS) is 17.1. The number of hydroxylamine groups is 2. The number of likely N-dealkylation sites (tertiary alicyclic amines) is 1. The van der Waals surface area contributed by atoms with Crippen LogP contribution in [0.3, 0.4) is 0 Å². The van der Waals surface area contributed by atoms with E-state index >= 15 is 0 Å². The monoisotopic (exact) mass is 280 g/mol. The van der Waals surface area contributed by atoms with Crippen molar-refractivity contribution in [3.8, 4) is 0 Å². The summed E-state index contributed by atoms with van der Waals surface area (Å²) in [6, 6.07) is 6.59. The molecule has 0 aromatic heterocycles. The molecule has 1 fully saturated rings. The van der Waals surface area contributed by atoms with Crippen LogP contribution in [0.5, 0.6) is 0 Å². The van der Waals surface area contributed by atoms with Gasteiger partial charge < -0.3 is 0 Å². The predicted octanol–water partition coefficient (Wildman–Crippen LogP) is 2.06. The molecule has 1 aliphatic rings. The first kappa shape index (κ1) is 14.9. The lowest BCUT2D eigenvalue weighted by Crippen LogP contribution is -2.40. The first-order chi connectivity index (χ1) is 9.60. The van der Waals surface area contributed by atoms with Gasteiger partial charge in [0, 0.05) is 19.5 Å². The molecular weight excluding hydrogens is 259 g/mol. The molecular formula is C15H21FN2O2. The molecule has 0 bridgehead atoms. The predicted molar refractivity (Wildman–Crippen MR) is 74.2 cm³/mol. The minimum atomic E-state index is -0.208. The minimum Gasteiger partial charge on any atom is -0.299 e. The SMILES string of the molecule is CON(C)C(=O)C1CCN(Cc2ccc(F)cc2)CC1. The molecule has 0 aliphatic carbocycles. The summed E-state index contributed by atoms with van der Waals surface area (Å²) in [5.74, 6) is -0.112. The zero-order valence-electron chi connectivity index (χ0n) is 12.0. The second kappa shape index (κ2) is 6.81. The molecule has 1 aromatic rings. The molecule has 20 heavy (non-hydrogen) atoms. The number of rotatable bonds is 4. The Morgan fingerprint density at radius 2 is 1.95 bits per heavy atom. The van der Waals surface area contributed by atoms with Gasteiger partial charge in [0.05, 0.1) is 7.11 Å². The second-order valence-electron chi connectivity index (χ2n) is 5.20.